The number of methoxy groups -OCH3 is 1. The van der Waals surface area contributed by atoms with Crippen molar-refractivity contribution in [2.45, 2.75) is 0 Å². The van der Waals surface area contributed by atoms with E-state index in [1.165, 1.54) is 7.11 Å². The zero-order chi connectivity index (χ0) is 13.2. The van der Waals surface area contributed by atoms with Crippen LogP contribution in [0.15, 0.2) is 36.4 Å². The molecular weight excluding hydrogens is 268 g/mol. The molecule has 0 bridgehead atoms. The molecule has 0 radical (unpaired) electrons. The van der Waals surface area contributed by atoms with Crippen molar-refractivity contribution in [2.24, 2.45) is 0 Å². The number of benzene rings is 1. The van der Waals surface area contributed by atoms with Crippen LogP contribution in [0.5, 0.6) is 0 Å². The van der Waals surface area contributed by atoms with Crippen molar-refractivity contribution < 1.29 is 14.3 Å². The van der Waals surface area contributed by atoms with Crippen LogP contribution in [0.3, 0.4) is 0 Å². The molecule has 0 saturated heterocycles. The van der Waals surface area contributed by atoms with Crippen LogP contribution in [0.2, 0.25) is 0 Å². The molecule has 0 spiro atoms. The van der Waals surface area contributed by atoms with Crippen LogP contribution in [-0.4, -0.2) is 29.8 Å². The molecule has 0 heterocycles. The van der Waals surface area contributed by atoms with E-state index < -0.39 is 0 Å². The van der Waals surface area contributed by atoms with Gasteiger partial charge in [0.1, 0.15) is 6.61 Å². The lowest BCUT2D eigenvalue weighted by atomic mass is 10.2. The summed E-state index contributed by atoms with van der Waals surface area (Å²) >= 11 is 6.11. The van der Waals surface area contributed by atoms with Crippen LogP contribution in [0.1, 0.15) is 5.56 Å². The van der Waals surface area contributed by atoms with Crippen molar-refractivity contribution >= 4 is 40.4 Å². The largest absolute Gasteiger partial charge is 0.474 e. The summed E-state index contributed by atoms with van der Waals surface area (Å²) in [5, 5.41) is 0. The van der Waals surface area contributed by atoms with Crippen LogP contribution in [0.25, 0.3) is 6.08 Å². The van der Waals surface area contributed by atoms with Crippen molar-refractivity contribution in [1.29, 1.82) is 0 Å². The van der Waals surface area contributed by atoms with E-state index in [9.17, 15) is 4.79 Å². The monoisotopic (exact) mass is 282 g/mol. The SMILES string of the molecule is COC(=O)CSC(=S)OC/C=C/c1ccccc1. The molecule has 1 aromatic rings. The van der Waals surface area contributed by atoms with Gasteiger partial charge in [-0.25, -0.2) is 0 Å². The number of carbonyl (C=O) groups excluding carboxylic acids is 1. The first-order valence-corrected chi connectivity index (χ1v) is 6.69. The van der Waals surface area contributed by atoms with Gasteiger partial charge >= 0.3 is 5.97 Å². The lowest BCUT2D eigenvalue weighted by Crippen LogP contribution is -2.07. The number of thioether (sulfide) groups is 1. The Kier molecular flexibility index (Phi) is 7.13. The highest BCUT2D eigenvalue weighted by Gasteiger charge is 2.04. The van der Waals surface area contributed by atoms with E-state index in [2.05, 4.69) is 4.74 Å². The number of hydrogen-bond donors (Lipinski definition) is 0. The van der Waals surface area contributed by atoms with Gasteiger partial charge in [0.15, 0.2) is 0 Å². The second-order valence-corrected chi connectivity index (χ2v) is 4.82. The van der Waals surface area contributed by atoms with Crippen LogP contribution >= 0.6 is 24.0 Å². The third-order valence-corrected chi connectivity index (χ3v) is 3.15. The Morgan fingerprint density at radius 2 is 2.11 bits per heavy atom. The summed E-state index contributed by atoms with van der Waals surface area (Å²) in [6.07, 6.45) is 3.83. The van der Waals surface area contributed by atoms with Crippen molar-refractivity contribution in [3.8, 4) is 0 Å². The molecule has 0 unspecified atom stereocenters. The first-order valence-electron chi connectivity index (χ1n) is 5.30. The predicted octanol–water partition coefficient (Wildman–Crippen LogP) is 2.91. The molecule has 0 aromatic heterocycles. The molecule has 0 aliphatic carbocycles. The smallest absolute Gasteiger partial charge is 0.316 e. The standard InChI is InChI=1S/C13H14O3S2/c1-15-12(14)10-18-13(17)16-9-5-8-11-6-3-2-4-7-11/h2-8H,9-10H2,1H3/b8-5+. The first kappa shape index (κ1) is 14.7. The van der Waals surface area contributed by atoms with E-state index in [-0.39, 0.29) is 11.7 Å². The van der Waals surface area contributed by atoms with Crippen molar-refractivity contribution in [1.82, 2.24) is 0 Å². The first-order chi connectivity index (χ1) is 8.72. The Balaban J connectivity index is 2.19. The van der Waals surface area contributed by atoms with E-state index in [0.29, 0.717) is 11.0 Å². The molecule has 18 heavy (non-hydrogen) atoms. The van der Waals surface area contributed by atoms with Crippen LogP contribution < -0.4 is 0 Å². The second-order valence-electron chi connectivity index (χ2n) is 3.24. The van der Waals surface area contributed by atoms with E-state index in [1.54, 1.807) is 0 Å². The molecule has 0 aliphatic rings. The molecule has 0 aliphatic heterocycles. The molecule has 1 rings (SSSR count). The maximum atomic E-state index is 10.9. The Bertz CT molecular complexity index is 416. The fourth-order valence-electron chi connectivity index (χ4n) is 1.08. The summed E-state index contributed by atoms with van der Waals surface area (Å²) < 4.78 is 10.1. The molecule has 0 N–H and O–H groups in total. The molecule has 0 amide bonds. The van der Waals surface area contributed by atoms with Crippen molar-refractivity contribution in [3.05, 3.63) is 42.0 Å². The molecule has 0 saturated carbocycles. The van der Waals surface area contributed by atoms with Gasteiger partial charge in [0.05, 0.1) is 12.9 Å². The van der Waals surface area contributed by atoms with Gasteiger partial charge in [-0.05, 0) is 23.9 Å². The Morgan fingerprint density at radius 3 is 2.78 bits per heavy atom. The van der Waals surface area contributed by atoms with Gasteiger partial charge in [0.25, 0.3) is 0 Å². The fraction of sp³-hybridized carbons (Fsp3) is 0.231. The highest BCUT2D eigenvalue weighted by Crippen LogP contribution is 2.07. The van der Waals surface area contributed by atoms with E-state index in [0.717, 1.165) is 17.3 Å². The molecule has 0 atom stereocenters. The highest BCUT2D eigenvalue weighted by atomic mass is 32.2. The second kappa shape index (κ2) is 8.72. The number of esters is 1. The maximum absolute atomic E-state index is 10.9. The number of ether oxygens (including phenoxy) is 2. The van der Waals surface area contributed by atoms with E-state index >= 15 is 0 Å². The highest BCUT2D eigenvalue weighted by molar-refractivity contribution is 8.23. The van der Waals surface area contributed by atoms with Gasteiger partial charge in [-0.2, -0.15) is 0 Å². The van der Waals surface area contributed by atoms with Crippen molar-refractivity contribution in [2.75, 3.05) is 19.5 Å². The number of rotatable bonds is 5. The minimum absolute atomic E-state index is 0.178. The normalized spacial score (nSPS) is 10.3. The summed E-state index contributed by atoms with van der Waals surface area (Å²) in [5.41, 5.74) is 1.11. The zero-order valence-corrected chi connectivity index (χ0v) is 11.6. The summed E-state index contributed by atoms with van der Waals surface area (Å²) in [6, 6.07) is 9.91. The average molecular weight is 282 g/mol. The summed E-state index contributed by atoms with van der Waals surface area (Å²) in [6.45, 7) is 0.391. The third kappa shape index (κ3) is 6.42. The Labute approximate surface area is 116 Å². The molecular formula is C13H14O3S2. The Morgan fingerprint density at radius 1 is 1.39 bits per heavy atom. The van der Waals surface area contributed by atoms with E-state index in [4.69, 9.17) is 17.0 Å². The van der Waals surface area contributed by atoms with Gasteiger partial charge in [-0.15, -0.1) is 0 Å². The lowest BCUT2D eigenvalue weighted by Gasteiger charge is -2.03. The maximum Gasteiger partial charge on any atom is 0.316 e. The average Bonchev–Trinajstić information content (AvgIpc) is 2.42. The Hall–Kier alpha value is -1.33. The van der Waals surface area contributed by atoms with Crippen LogP contribution in [-0.2, 0) is 14.3 Å². The van der Waals surface area contributed by atoms with Crippen LogP contribution in [0, 0.1) is 0 Å². The minimum Gasteiger partial charge on any atom is -0.474 e. The predicted molar refractivity (Wildman–Crippen MR) is 78.5 cm³/mol. The molecule has 5 heteroatoms. The van der Waals surface area contributed by atoms with Gasteiger partial charge < -0.3 is 9.47 Å². The fourth-order valence-corrected chi connectivity index (χ4v) is 1.83. The van der Waals surface area contributed by atoms with Gasteiger partial charge in [0.2, 0.25) is 4.38 Å². The minimum atomic E-state index is -0.314. The summed E-state index contributed by atoms with van der Waals surface area (Å²) in [4.78, 5) is 10.9. The van der Waals surface area contributed by atoms with Gasteiger partial charge in [-0.3, -0.25) is 4.79 Å². The molecule has 1 aromatic carbocycles. The summed E-state index contributed by atoms with van der Waals surface area (Å²) in [7, 11) is 1.34. The molecule has 0 fully saturated rings. The lowest BCUT2D eigenvalue weighted by molar-refractivity contribution is -0.137. The van der Waals surface area contributed by atoms with Crippen LogP contribution in [0.4, 0.5) is 0 Å². The van der Waals surface area contributed by atoms with Gasteiger partial charge in [-0.1, -0.05) is 48.2 Å². The molecule has 96 valence electrons. The third-order valence-electron chi connectivity index (χ3n) is 1.94. The zero-order valence-electron chi connectivity index (χ0n) is 10.00. The van der Waals surface area contributed by atoms with Crippen molar-refractivity contribution in [3.63, 3.8) is 0 Å². The quantitative estimate of drug-likeness (QED) is 0.613. The summed E-state index contributed by atoms with van der Waals surface area (Å²) in [5.74, 6) is -0.136. The number of thiocarbonyl (C=S) groups is 1. The topological polar surface area (TPSA) is 35.5 Å². The van der Waals surface area contributed by atoms with Gasteiger partial charge in [0, 0.05) is 0 Å². The number of hydrogen-bond acceptors (Lipinski definition) is 5. The molecule has 3 nitrogen and oxygen atoms in total. The number of carbonyl (C=O) groups is 1. The van der Waals surface area contributed by atoms with E-state index in [1.807, 2.05) is 42.5 Å².